The number of aryl methyl sites for hydroxylation is 1. The van der Waals surface area contributed by atoms with Crippen molar-refractivity contribution in [3.05, 3.63) is 89.5 Å². The quantitative estimate of drug-likeness (QED) is 0.198. The maximum Gasteiger partial charge on any atom is 0.433 e. The van der Waals surface area contributed by atoms with Crippen LogP contribution in [0.2, 0.25) is 5.02 Å². The van der Waals surface area contributed by atoms with Gasteiger partial charge >= 0.3 is 6.18 Å². The minimum Gasteiger partial charge on any atom is -0.487 e. The predicted octanol–water partition coefficient (Wildman–Crippen LogP) is 7.07. The Bertz CT molecular complexity index is 1630. The van der Waals surface area contributed by atoms with Gasteiger partial charge in [-0.15, -0.1) is 0 Å². The van der Waals surface area contributed by atoms with Crippen molar-refractivity contribution in [1.29, 1.82) is 0 Å². The summed E-state index contributed by atoms with van der Waals surface area (Å²) >= 11 is 6.75. The Morgan fingerprint density at radius 1 is 0.976 bits per heavy atom. The summed E-state index contributed by atoms with van der Waals surface area (Å²) in [5, 5.41) is 18.4. The average Bonchev–Trinajstić information content (AvgIpc) is 3.57. The standard InChI is InChI=1S/C29H25ClF3N5O3/c1-28(2,39)12-15-38-26(29(31,32)33)20(16-36-38)25-22(27-34-13-7-14-35-27)24(37-41-25)19-10-6-11-21(23(19)30)40-17-18-8-4-3-5-9-18/h3-11,13-14,16,39H,12,15,17H2,1-2H3. The molecule has 0 aliphatic heterocycles. The summed E-state index contributed by atoms with van der Waals surface area (Å²) in [6.07, 6.45) is -0.775. The van der Waals surface area contributed by atoms with Gasteiger partial charge in [0.1, 0.15) is 18.1 Å². The van der Waals surface area contributed by atoms with Gasteiger partial charge in [0.15, 0.2) is 17.3 Å². The second-order valence-corrected chi connectivity index (χ2v) is 10.3. The van der Waals surface area contributed by atoms with Gasteiger partial charge in [-0.3, -0.25) is 4.68 Å². The van der Waals surface area contributed by atoms with Gasteiger partial charge in [-0.1, -0.05) is 59.2 Å². The van der Waals surface area contributed by atoms with Gasteiger partial charge in [-0.2, -0.15) is 18.3 Å². The molecule has 0 atom stereocenters. The molecule has 5 rings (SSSR count). The Kier molecular flexibility index (Phi) is 7.83. The Labute approximate surface area is 238 Å². The van der Waals surface area contributed by atoms with E-state index in [1.807, 2.05) is 30.3 Å². The zero-order valence-corrected chi connectivity index (χ0v) is 22.8. The second-order valence-electron chi connectivity index (χ2n) is 9.89. The van der Waals surface area contributed by atoms with Crippen molar-refractivity contribution in [3.63, 3.8) is 0 Å². The molecule has 8 nitrogen and oxygen atoms in total. The van der Waals surface area contributed by atoms with Crippen molar-refractivity contribution >= 4 is 11.6 Å². The fourth-order valence-corrected chi connectivity index (χ4v) is 4.50. The van der Waals surface area contributed by atoms with Gasteiger partial charge in [0.05, 0.1) is 27.9 Å². The van der Waals surface area contributed by atoms with E-state index in [1.165, 1.54) is 26.2 Å². The third kappa shape index (κ3) is 6.26. The highest BCUT2D eigenvalue weighted by Crippen LogP contribution is 2.46. The van der Waals surface area contributed by atoms with E-state index in [4.69, 9.17) is 20.9 Å². The Morgan fingerprint density at radius 3 is 2.39 bits per heavy atom. The van der Waals surface area contributed by atoms with E-state index < -0.39 is 17.5 Å². The summed E-state index contributed by atoms with van der Waals surface area (Å²) in [5.41, 5.74) is -1.05. The van der Waals surface area contributed by atoms with Gasteiger partial charge in [0.25, 0.3) is 0 Å². The van der Waals surface area contributed by atoms with E-state index in [1.54, 1.807) is 24.3 Å². The maximum absolute atomic E-state index is 14.4. The number of hydrogen-bond acceptors (Lipinski definition) is 7. The molecule has 0 amide bonds. The van der Waals surface area contributed by atoms with Gasteiger partial charge in [-0.25, -0.2) is 9.97 Å². The molecule has 0 fully saturated rings. The largest absolute Gasteiger partial charge is 0.487 e. The minimum absolute atomic E-state index is 0.0406. The van der Waals surface area contributed by atoms with Crippen LogP contribution in [0.1, 0.15) is 31.5 Å². The summed E-state index contributed by atoms with van der Waals surface area (Å²) in [4.78, 5) is 8.52. The van der Waals surface area contributed by atoms with Crippen molar-refractivity contribution in [2.24, 2.45) is 0 Å². The monoisotopic (exact) mass is 583 g/mol. The van der Waals surface area contributed by atoms with Gasteiger partial charge in [0.2, 0.25) is 0 Å². The minimum atomic E-state index is -4.80. The average molecular weight is 584 g/mol. The van der Waals surface area contributed by atoms with Crippen LogP contribution in [0.25, 0.3) is 34.0 Å². The molecular formula is C29H25ClF3N5O3. The first-order chi connectivity index (χ1) is 19.5. The molecule has 3 aromatic heterocycles. The van der Waals surface area contributed by atoms with E-state index in [0.29, 0.717) is 11.3 Å². The van der Waals surface area contributed by atoms with E-state index >= 15 is 0 Å². The highest BCUT2D eigenvalue weighted by Gasteiger charge is 2.41. The lowest BCUT2D eigenvalue weighted by molar-refractivity contribution is -0.144. The van der Waals surface area contributed by atoms with Crippen LogP contribution < -0.4 is 4.74 Å². The van der Waals surface area contributed by atoms with Crippen LogP contribution in [-0.2, 0) is 19.3 Å². The number of rotatable bonds is 9. The van der Waals surface area contributed by atoms with Crippen LogP contribution >= 0.6 is 11.6 Å². The summed E-state index contributed by atoms with van der Waals surface area (Å²) in [7, 11) is 0. The molecule has 41 heavy (non-hydrogen) atoms. The molecular weight excluding hydrogens is 559 g/mol. The van der Waals surface area contributed by atoms with Crippen LogP contribution in [0, 0.1) is 0 Å². The van der Waals surface area contributed by atoms with Gasteiger partial charge < -0.3 is 14.4 Å². The summed E-state index contributed by atoms with van der Waals surface area (Å²) in [6, 6.07) is 16.1. The first-order valence-electron chi connectivity index (χ1n) is 12.6. The molecule has 212 valence electrons. The Hall–Kier alpha value is -4.22. The highest BCUT2D eigenvalue weighted by atomic mass is 35.5. The van der Waals surface area contributed by atoms with Crippen molar-refractivity contribution in [3.8, 4) is 39.7 Å². The molecule has 0 radical (unpaired) electrons. The first kappa shape index (κ1) is 28.3. The van der Waals surface area contributed by atoms with Crippen LogP contribution in [0.4, 0.5) is 13.2 Å². The lowest BCUT2D eigenvalue weighted by atomic mass is 10.0. The molecule has 3 heterocycles. The van der Waals surface area contributed by atoms with Gasteiger partial charge in [0, 0.05) is 24.5 Å². The van der Waals surface area contributed by atoms with Crippen LogP contribution in [0.3, 0.4) is 0 Å². The highest BCUT2D eigenvalue weighted by molar-refractivity contribution is 6.35. The third-order valence-corrected chi connectivity index (χ3v) is 6.61. The molecule has 0 aliphatic carbocycles. The van der Waals surface area contributed by atoms with Gasteiger partial charge in [-0.05, 0) is 38.0 Å². The number of halogens is 4. The SMILES string of the molecule is CC(C)(O)CCn1ncc(-c2onc(-c3cccc(OCc4ccccc4)c3Cl)c2-c2ncccn2)c1C(F)(F)F. The van der Waals surface area contributed by atoms with Crippen LogP contribution in [-0.4, -0.2) is 35.6 Å². The van der Waals surface area contributed by atoms with Crippen molar-refractivity contribution in [2.75, 3.05) is 0 Å². The summed E-state index contributed by atoms with van der Waals surface area (Å²) in [5.74, 6) is 0.218. The Morgan fingerprint density at radius 2 is 1.71 bits per heavy atom. The number of alkyl halides is 3. The third-order valence-electron chi connectivity index (χ3n) is 6.23. The number of benzene rings is 2. The lowest BCUT2D eigenvalue weighted by Crippen LogP contribution is -2.24. The van der Waals surface area contributed by atoms with Crippen molar-refractivity contribution < 1.29 is 27.5 Å². The fourth-order valence-electron chi connectivity index (χ4n) is 4.23. The molecule has 1 N–H and O–H groups in total. The molecule has 2 aromatic carbocycles. The maximum atomic E-state index is 14.4. The molecule has 0 unspecified atom stereocenters. The van der Waals surface area contributed by atoms with E-state index in [2.05, 4.69) is 20.2 Å². The first-order valence-corrected chi connectivity index (χ1v) is 13.0. The molecule has 0 saturated carbocycles. The molecule has 0 bridgehead atoms. The predicted molar refractivity (Wildman–Crippen MR) is 146 cm³/mol. The van der Waals surface area contributed by atoms with Crippen molar-refractivity contribution in [2.45, 2.75) is 45.2 Å². The zero-order valence-electron chi connectivity index (χ0n) is 22.1. The van der Waals surface area contributed by atoms with Crippen molar-refractivity contribution in [1.82, 2.24) is 24.9 Å². The summed E-state index contributed by atoms with van der Waals surface area (Å²) < 4.78 is 55.5. The van der Waals surface area contributed by atoms with Crippen LogP contribution in [0.15, 0.2) is 77.7 Å². The zero-order chi connectivity index (χ0) is 29.2. The molecule has 12 heteroatoms. The van der Waals surface area contributed by atoms with E-state index in [9.17, 15) is 18.3 Å². The molecule has 5 aromatic rings. The number of aromatic nitrogens is 5. The van der Waals surface area contributed by atoms with Crippen LogP contribution in [0.5, 0.6) is 5.75 Å². The second kappa shape index (κ2) is 11.3. The Balaban J connectivity index is 1.62. The topological polar surface area (TPSA) is 99.1 Å². The fraction of sp³-hybridized carbons (Fsp3) is 0.241. The molecule has 0 saturated heterocycles. The molecule has 0 aliphatic rings. The number of aliphatic hydroxyl groups is 1. The number of ether oxygens (including phenoxy) is 1. The number of hydrogen-bond donors (Lipinski definition) is 1. The van der Waals surface area contributed by atoms with E-state index in [-0.39, 0.29) is 53.0 Å². The normalized spacial score (nSPS) is 12.1. The molecule has 0 spiro atoms. The smallest absolute Gasteiger partial charge is 0.433 e. The summed E-state index contributed by atoms with van der Waals surface area (Å²) in [6.45, 7) is 3.10. The lowest BCUT2D eigenvalue weighted by Gasteiger charge is -2.18. The number of nitrogens with zero attached hydrogens (tertiary/aromatic N) is 5. The van der Waals surface area contributed by atoms with E-state index in [0.717, 1.165) is 16.4 Å².